The van der Waals surface area contributed by atoms with Gasteiger partial charge >= 0.3 is 0 Å². The van der Waals surface area contributed by atoms with Gasteiger partial charge in [0.1, 0.15) is 0 Å². The maximum Gasteiger partial charge on any atom is 0.290 e. The number of H-pyrrole nitrogens is 1. The highest BCUT2D eigenvalue weighted by atomic mass is 16.5. The molecule has 2 saturated heterocycles. The zero-order valence-corrected chi connectivity index (χ0v) is 30.1. The van der Waals surface area contributed by atoms with Gasteiger partial charge in [-0.2, -0.15) is 10.1 Å². The van der Waals surface area contributed by atoms with Crippen LogP contribution < -0.4 is 16.0 Å². The van der Waals surface area contributed by atoms with Crippen LogP contribution in [0, 0.1) is 6.92 Å². The molecule has 2 atom stereocenters. The van der Waals surface area contributed by atoms with E-state index in [0.717, 1.165) is 89.4 Å². The molecule has 8 rings (SSSR count). The van der Waals surface area contributed by atoms with E-state index in [1.54, 1.807) is 6.20 Å². The van der Waals surface area contributed by atoms with Gasteiger partial charge < -0.3 is 15.2 Å². The summed E-state index contributed by atoms with van der Waals surface area (Å²) in [6.45, 7) is 8.69. The Hall–Kier alpha value is -6.28. The number of nitrogens with one attached hydrogen (secondary N) is 2. The molecule has 14 heteroatoms. The third-order valence-electron chi connectivity index (χ3n) is 10.6. The van der Waals surface area contributed by atoms with Crippen molar-refractivity contribution in [2.75, 3.05) is 37.6 Å². The minimum atomic E-state index is -0.730. The van der Waals surface area contributed by atoms with Gasteiger partial charge in [-0.05, 0) is 73.2 Å². The van der Waals surface area contributed by atoms with Crippen molar-refractivity contribution in [1.29, 1.82) is 0 Å². The summed E-state index contributed by atoms with van der Waals surface area (Å²) in [5.41, 5.74) is 14.8. The van der Waals surface area contributed by atoms with Crippen LogP contribution in [-0.4, -0.2) is 85.7 Å². The molecule has 0 unspecified atom stereocenters. The predicted octanol–water partition coefficient (Wildman–Crippen LogP) is 4.51. The van der Waals surface area contributed by atoms with Crippen LogP contribution in [0.25, 0.3) is 33.5 Å². The van der Waals surface area contributed by atoms with Crippen LogP contribution >= 0.6 is 0 Å². The van der Waals surface area contributed by atoms with Crippen molar-refractivity contribution in [3.63, 3.8) is 0 Å². The number of nitrogens with two attached hydrogens (primary N) is 1. The minimum Gasteiger partial charge on any atom is -0.368 e. The first-order chi connectivity index (χ1) is 26.2. The Morgan fingerprint density at radius 2 is 1.80 bits per heavy atom. The number of carbonyl (C=O) groups is 3. The minimum absolute atomic E-state index is 0.136. The average molecular weight is 725 g/mol. The van der Waals surface area contributed by atoms with E-state index in [4.69, 9.17) is 15.2 Å². The number of nitrogens with zero attached hydrogens (tertiary/aromatic N) is 7. The number of piperazine rings is 1. The number of piperidine rings is 1. The molecule has 6 aromatic rings. The number of aromatic amines is 1. The molecule has 4 N–H and O–H groups in total. The van der Waals surface area contributed by atoms with Gasteiger partial charge in [0.2, 0.25) is 17.7 Å². The standard InChI is InChI=1S/C40H40N10O4/c1-23-19-27(7-9-30(23)24(2)40-45-38(36(41)52)48-54-40)35-32-20-28(21-43-37(32)47-46-35)33-11-8-29(22-42-33)50-17-15-49(16-18-50)14-13-25-3-5-26(6-4-25)31-10-12-34(51)44-39(31)53/h3-9,11,19-22,24,31H,10,12-18H2,1-2H3,(H2,41,52)(H,43,46,47)(H,44,51,53)/t24-,31+/m1/s1. The number of aryl methyl sites for hydroxylation is 1. The number of pyridine rings is 2. The molecule has 14 nitrogen and oxygen atoms in total. The Bertz CT molecular complexity index is 2340. The van der Waals surface area contributed by atoms with E-state index >= 15 is 0 Å². The summed E-state index contributed by atoms with van der Waals surface area (Å²) in [6, 6.07) is 20.6. The van der Waals surface area contributed by atoms with Crippen LogP contribution in [0.5, 0.6) is 0 Å². The quantitative estimate of drug-likeness (QED) is 0.169. The van der Waals surface area contributed by atoms with Crippen molar-refractivity contribution in [2.24, 2.45) is 5.73 Å². The molecule has 2 fully saturated rings. The number of amides is 3. The SMILES string of the molecule is Cc1cc(-c2[nH]nc3ncc(-c4ccc(N5CCN(CCc6ccc([C@@H]7CCC(=O)NC7=O)cc6)CC5)cn4)cc23)ccc1[C@@H](C)c1nc(C(N)=O)no1. The van der Waals surface area contributed by atoms with E-state index in [9.17, 15) is 14.4 Å². The molecular weight excluding hydrogens is 685 g/mol. The van der Waals surface area contributed by atoms with Crippen molar-refractivity contribution >= 4 is 34.4 Å². The molecule has 0 aliphatic carbocycles. The smallest absolute Gasteiger partial charge is 0.290 e. The number of rotatable bonds is 10. The van der Waals surface area contributed by atoms with Crippen LogP contribution in [0.1, 0.15) is 70.4 Å². The van der Waals surface area contributed by atoms with Gasteiger partial charge in [-0.15, -0.1) is 0 Å². The number of primary amides is 1. The lowest BCUT2D eigenvalue weighted by molar-refractivity contribution is -0.134. The first kappa shape index (κ1) is 34.8. The van der Waals surface area contributed by atoms with Crippen LogP contribution in [0.4, 0.5) is 5.69 Å². The lowest BCUT2D eigenvalue weighted by Gasteiger charge is -2.36. The zero-order valence-electron chi connectivity index (χ0n) is 30.1. The highest BCUT2D eigenvalue weighted by Gasteiger charge is 2.28. The maximum absolute atomic E-state index is 12.2. The molecule has 3 amide bonds. The van der Waals surface area contributed by atoms with E-state index in [0.29, 0.717) is 24.4 Å². The van der Waals surface area contributed by atoms with Crippen molar-refractivity contribution < 1.29 is 18.9 Å². The molecule has 0 bridgehead atoms. The molecule has 4 aromatic heterocycles. The average Bonchev–Trinajstić information content (AvgIpc) is 3.86. The second-order valence-corrected chi connectivity index (χ2v) is 14.0. The summed E-state index contributed by atoms with van der Waals surface area (Å²) in [5.74, 6) is -1.40. The molecule has 2 aromatic carbocycles. The van der Waals surface area contributed by atoms with Crippen LogP contribution in [0.3, 0.4) is 0 Å². The van der Waals surface area contributed by atoms with Crippen molar-refractivity contribution in [1.82, 2.24) is 40.5 Å². The van der Waals surface area contributed by atoms with E-state index in [1.807, 2.05) is 50.4 Å². The van der Waals surface area contributed by atoms with Gasteiger partial charge in [-0.1, -0.05) is 41.6 Å². The zero-order chi connectivity index (χ0) is 37.3. The lowest BCUT2D eigenvalue weighted by Crippen LogP contribution is -2.47. The summed E-state index contributed by atoms with van der Waals surface area (Å²) in [7, 11) is 0. The number of hydrogen-bond donors (Lipinski definition) is 3. The van der Waals surface area contributed by atoms with Crippen LogP contribution in [0.15, 0.2) is 77.6 Å². The van der Waals surface area contributed by atoms with Gasteiger partial charge in [0, 0.05) is 61.9 Å². The monoisotopic (exact) mass is 724 g/mol. The van der Waals surface area contributed by atoms with Gasteiger partial charge in [-0.25, -0.2) is 4.98 Å². The molecule has 274 valence electrons. The number of hydrogen-bond acceptors (Lipinski definition) is 11. The summed E-state index contributed by atoms with van der Waals surface area (Å²) in [6.07, 6.45) is 5.64. The Labute approximate surface area is 311 Å². The highest BCUT2D eigenvalue weighted by Crippen LogP contribution is 2.33. The highest BCUT2D eigenvalue weighted by molar-refractivity contribution is 6.01. The Morgan fingerprint density at radius 3 is 2.50 bits per heavy atom. The molecular formula is C40H40N10O4. The summed E-state index contributed by atoms with van der Waals surface area (Å²) >= 11 is 0. The molecule has 6 heterocycles. The molecule has 0 radical (unpaired) electrons. The molecule has 0 saturated carbocycles. The Kier molecular flexibility index (Phi) is 9.42. The molecule has 2 aliphatic rings. The molecule has 2 aliphatic heterocycles. The summed E-state index contributed by atoms with van der Waals surface area (Å²) in [4.78, 5) is 53.6. The number of aromatic nitrogens is 6. The number of imide groups is 1. The van der Waals surface area contributed by atoms with Crippen LogP contribution in [0.2, 0.25) is 0 Å². The number of carbonyl (C=O) groups excluding carboxylic acids is 3. The third-order valence-corrected chi connectivity index (χ3v) is 10.6. The first-order valence-corrected chi connectivity index (χ1v) is 18.1. The number of fused-ring (bicyclic) bond motifs is 1. The van der Waals surface area contributed by atoms with Crippen molar-refractivity contribution in [2.45, 2.75) is 44.9 Å². The fourth-order valence-corrected chi connectivity index (χ4v) is 7.41. The van der Waals surface area contributed by atoms with Crippen molar-refractivity contribution in [3.8, 4) is 22.5 Å². The summed E-state index contributed by atoms with van der Waals surface area (Å²) < 4.78 is 5.29. The van der Waals surface area contributed by atoms with Gasteiger partial charge in [-0.3, -0.25) is 34.7 Å². The number of benzene rings is 2. The lowest BCUT2D eigenvalue weighted by atomic mass is 9.90. The largest absolute Gasteiger partial charge is 0.368 e. The van der Waals surface area contributed by atoms with Gasteiger partial charge in [0.15, 0.2) is 5.65 Å². The van der Waals surface area contributed by atoms with Crippen LogP contribution in [-0.2, 0) is 16.0 Å². The second-order valence-electron chi connectivity index (χ2n) is 14.0. The second kappa shape index (κ2) is 14.6. The Morgan fingerprint density at radius 1 is 0.981 bits per heavy atom. The molecule has 54 heavy (non-hydrogen) atoms. The Balaban J connectivity index is 0.881. The fraction of sp³-hybridized carbons (Fsp3) is 0.300. The van der Waals surface area contributed by atoms with E-state index in [-0.39, 0.29) is 29.5 Å². The number of anilines is 1. The van der Waals surface area contributed by atoms with Gasteiger partial charge in [0.25, 0.3) is 11.7 Å². The summed E-state index contributed by atoms with van der Waals surface area (Å²) in [5, 5.41) is 14.6. The maximum atomic E-state index is 12.2. The first-order valence-electron chi connectivity index (χ1n) is 18.1. The predicted molar refractivity (Wildman–Crippen MR) is 202 cm³/mol. The van der Waals surface area contributed by atoms with E-state index < -0.39 is 5.91 Å². The molecule has 0 spiro atoms. The van der Waals surface area contributed by atoms with Gasteiger partial charge in [0.05, 0.1) is 35.1 Å². The van der Waals surface area contributed by atoms with E-state index in [2.05, 4.69) is 70.8 Å². The van der Waals surface area contributed by atoms with E-state index in [1.165, 1.54) is 5.56 Å². The van der Waals surface area contributed by atoms with Crippen molar-refractivity contribution in [3.05, 3.63) is 107 Å². The normalized spacial score (nSPS) is 17.1. The third kappa shape index (κ3) is 7.07. The fourth-order valence-electron chi connectivity index (χ4n) is 7.41. The topological polar surface area (TPSA) is 189 Å².